The Labute approximate surface area is 354 Å². The first kappa shape index (κ1) is 51.8. The van der Waals surface area contributed by atoms with Crippen LogP contribution in [-0.2, 0) is 33.2 Å². The summed E-state index contributed by atoms with van der Waals surface area (Å²) in [4.78, 5) is 18.3. The van der Waals surface area contributed by atoms with Gasteiger partial charge in [0.2, 0.25) is 0 Å². The van der Waals surface area contributed by atoms with Crippen molar-refractivity contribution in [1.29, 1.82) is 0 Å². The molecule has 0 amide bonds. The first-order valence-electron chi connectivity index (χ1n) is 21.6. The van der Waals surface area contributed by atoms with Gasteiger partial charge in [-0.2, -0.15) is 0 Å². The third-order valence-electron chi connectivity index (χ3n) is 13.4. The van der Waals surface area contributed by atoms with Gasteiger partial charge in [-0.1, -0.05) is 32.9 Å². The second-order valence-corrected chi connectivity index (χ2v) is 18.8. The Morgan fingerprint density at radius 2 is 1.56 bits per heavy atom. The SMILES string of the molecule is C=CCN(CC=C)C[C@@]1(O)[C@H](C)O[C@@H](O[C@H]2[C@H](C)[C@@H](O[C@@H]3O[C@H](C)C[C@H](N(C)C)[C@H]3O)[C@@](C)(O)C[C@@H](C)CN[C@@H](C)[C@@H](O)[C@](C)(O)[C@H](CC)OC(=O)[C@@H]2C)C[C@@]1(C)OC. The van der Waals surface area contributed by atoms with Crippen LogP contribution in [0, 0.1) is 17.8 Å². The molecule has 3 rings (SSSR count). The standard InChI is InChI=1S/C44H81N3O12/c1-16-19-47(20-17-2)25-44(53)31(9)56-34(23-42(44,11)54-15)58-36-28(6)38(59-40-35(48)32(46(13)14)21-27(5)55-40)41(10,51)22-26(4)24-45-30(8)37(49)43(12,52)33(18-3)57-39(50)29(36)7/h16-17,26-38,40,45,48-49,51-53H,1-2,18-25H2,3-15H3/t26-,27-,28+,29-,30+,31+,32+,33+,34+,35-,36+,37-,38-,40+,41+,42-,43-,44-/m1/s1. The van der Waals surface area contributed by atoms with E-state index in [0.717, 1.165) is 0 Å². The van der Waals surface area contributed by atoms with E-state index in [1.54, 1.807) is 53.7 Å². The summed E-state index contributed by atoms with van der Waals surface area (Å²) < 4.78 is 38.6. The summed E-state index contributed by atoms with van der Waals surface area (Å²) in [5.41, 5.74) is -6.14. The molecule has 15 nitrogen and oxygen atoms in total. The number of nitrogens with zero attached hydrogens (tertiary/aromatic N) is 2. The van der Waals surface area contributed by atoms with E-state index in [0.29, 0.717) is 26.1 Å². The number of methoxy groups -OCH3 is 1. The van der Waals surface area contributed by atoms with Gasteiger partial charge in [-0.15, -0.1) is 13.2 Å². The fourth-order valence-electron chi connectivity index (χ4n) is 9.63. The minimum atomic E-state index is -1.83. The summed E-state index contributed by atoms with van der Waals surface area (Å²) in [6.45, 7) is 26.8. The average Bonchev–Trinajstić information content (AvgIpc) is 3.15. The van der Waals surface area contributed by atoms with Crippen LogP contribution < -0.4 is 5.32 Å². The lowest BCUT2D eigenvalue weighted by atomic mass is 9.74. The predicted octanol–water partition coefficient (Wildman–Crippen LogP) is 2.60. The summed E-state index contributed by atoms with van der Waals surface area (Å²) in [5.74, 6) is -2.74. The lowest BCUT2D eigenvalue weighted by molar-refractivity contribution is -0.339. The molecule has 3 saturated heterocycles. The van der Waals surface area contributed by atoms with Gasteiger partial charge in [0.05, 0.1) is 35.9 Å². The van der Waals surface area contributed by atoms with Crippen molar-refractivity contribution in [1.82, 2.24) is 15.1 Å². The summed E-state index contributed by atoms with van der Waals surface area (Å²) in [7, 11) is 5.29. The molecule has 3 heterocycles. The topological polar surface area (TPSA) is 192 Å². The number of cyclic esters (lactones) is 1. The number of aliphatic hydroxyl groups is 5. The molecule has 3 aliphatic heterocycles. The van der Waals surface area contributed by atoms with Crippen LogP contribution in [0.1, 0.15) is 94.9 Å². The molecule has 0 aromatic rings. The molecule has 0 aliphatic carbocycles. The summed E-state index contributed by atoms with van der Waals surface area (Å²) >= 11 is 0. The van der Waals surface area contributed by atoms with Crippen molar-refractivity contribution in [3.8, 4) is 0 Å². The number of esters is 1. The quantitative estimate of drug-likeness (QED) is 0.117. The number of hydrogen-bond donors (Lipinski definition) is 6. The third kappa shape index (κ3) is 11.9. The molecule has 344 valence electrons. The van der Waals surface area contributed by atoms with Gasteiger partial charge in [-0.05, 0) is 94.3 Å². The summed E-state index contributed by atoms with van der Waals surface area (Å²) in [5, 5.41) is 63.0. The molecule has 3 aliphatic rings. The number of carbonyl (C=O) groups is 1. The largest absolute Gasteiger partial charge is 0.459 e. The van der Waals surface area contributed by atoms with Gasteiger partial charge in [0.1, 0.15) is 35.1 Å². The van der Waals surface area contributed by atoms with Gasteiger partial charge < -0.3 is 64.2 Å². The molecule has 3 fully saturated rings. The molecule has 18 atom stereocenters. The zero-order valence-electron chi connectivity index (χ0n) is 38.3. The number of aliphatic hydroxyl groups excluding tert-OH is 2. The van der Waals surface area contributed by atoms with Crippen molar-refractivity contribution >= 4 is 5.97 Å². The van der Waals surface area contributed by atoms with Crippen molar-refractivity contribution in [3.63, 3.8) is 0 Å². The predicted molar refractivity (Wildman–Crippen MR) is 225 cm³/mol. The fraction of sp³-hybridized carbons (Fsp3) is 0.886. The van der Waals surface area contributed by atoms with Gasteiger partial charge in [0.25, 0.3) is 0 Å². The van der Waals surface area contributed by atoms with Gasteiger partial charge >= 0.3 is 5.97 Å². The Bertz CT molecular complexity index is 1340. The normalized spacial score (nSPS) is 46.0. The molecular formula is C44H81N3O12. The van der Waals surface area contributed by atoms with Gasteiger partial charge in [0, 0.05) is 51.2 Å². The second-order valence-electron chi connectivity index (χ2n) is 18.8. The van der Waals surface area contributed by atoms with Crippen LogP contribution >= 0.6 is 0 Å². The number of carbonyl (C=O) groups excluding carboxylic acids is 1. The van der Waals surface area contributed by atoms with Gasteiger partial charge in [-0.25, -0.2) is 0 Å². The van der Waals surface area contributed by atoms with E-state index in [1.807, 2.05) is 44.7 Å². The lowest BCUT2D eigenvalue weighted by Crippen LogP contribution is -2.70. The molecule has 0 aromatic carbocycles. The summed E-state index contributed by atoms with van der Waals surface area (Å²) in [6, 6.07) is -0.900. The number of rotatable bonds is 13. The maximum atomic E-state index is 14.4. The Morgan fingerprint density at radius 3 is 2.10 bits per heavy atom. The third-order valence-corrected chi connectivity index (χ3v) is 13.4. The monoisotopic (exact) mass is 844 g/mol. The zero-order valence-corrected chi connectivity index (χ0v) is 38.3. The Balaban J connectivity index is 2.18. The van der Waals surface area contributed by atoms with Crippen molar-refractivity contribution in [2.45, 2.75) is 185 Å². The number of ether oxygens (including phenoxy) is 6. The maximum Gasteiger partial charge on any atom is 0.311 e. The van der Waals surface area contributed by atoms with Crippen molar-refractivity contribution in [2.75, 3.05) is 47.4 Å². The minimum absolute atomic E-state index is 0.0544. The van der Waals surface area contributed by atoms with Gasteiger partial charge in [0.15, 0.2) is 12.6 Å². The second kappa shape index (κ2) is 21.2. The van der Waals surface area contributed by atoms with Crippen LogP contribution in [0.3, 0.4) is 0 Å². The smallest absolute Gasteiger partial charge is 0.311 e. The molecule has 59 heavy (non-hydrogen) atoms. The maximum absolute atomic E-state index is 14.4. The average molecular weight is 844 g/mol. The highest BCUT2D eigenvalue weighted by molar-refractivity contribution is 5.73. The van der Waals surface area contributed by atoms with E-state index in [4.69, 9.17) is 28.4 Å². The van der Waals surface area contributed by atoms with Crippen LogP contribution in [0.4, 0.5) is 0 Å². The zero-order chi connectivity index (χ0) is 44.8. The fourth-order valence-corrected chi connectivity index (χ4v) is 9.63. The van der Waals surface area contributed by atoms with E-state index >= 15 is 0 Å². The van der Waals surface area contributed by atoms with E-state index in [1.165, 1.54) is 14.0 Å². The highest BCUT2D eigenvalue weighted by Gasteiger charge is 2.59. The lowest BCUT2D eigenvalue weighted by Gasteiger charge is -2.54. The van der Waals surface area contributed by atoms with E-state index in [9.17, 15) is 30.3 Å². The first-order valence-corrected chi connectivity index (χ1v) is 21.6. The van der Waals surface area contributed by atoms with Crippen LogP contribution in [0.5, 0.6) is 0 Å². The Kier molecular flexibility index (Phi) is 18.6. The van der Waals surface area contributed by atoms with E-state index in [2.05, 4.69) is 18.5 Å². The molecule has 15 heteroatoms. The van der Waals surface area contributed by atoms with E-state index < -0.39 is 95.5 Å². The first-order chi connectivity index (χ1) is 27.3. The van der Waals surface area contributed by atoms with Gasteiger partial charge in [-0.3, -0.25) is 9.69 Å². The summed E-state index contributed by atoms with van der Waals surface area (Å²) in [6.07, 6.45) is -4.37. The van der Waals surface area contributed by atoms with Crippen LogP contribution in [-0.4, -0.2) is 178 Å². The van der Waals surface area contributed by atoms with Crippen molar-refractivity contribution in [3.05, 3.63) is 25.3 Å². The van der Waals surface area contributed by atoms with Crippen LogP contribution in [0.25, 0.3) is 0 Å². The highest BCUT2D eigenvalue weighted by atomic mass is 16.7. The van der Waals surface area contributed by atoms with Crippen molar-refractivity contribution < 1.29 is 58.7 Å². The molecule has 0 radical (unpaired) electrons. The van der Waals surface area contributed by atoms with E-state index in [-0.39, 0.29) is 43.9 Å². The van der Waals surface area contributed by atoms with Crippen LogP contribution in [0.15, 0.2) is 25.3 Å². The number of hydrogen-bond acceptors (Lipinski definition) is 15. The molecule has 0 bridgehead atoms. The molecular weight excluding hydrogens is 762 g/mol. The Hall–Kier alpha value is -1.57. The molecule has 0 saturated carbocycles. The highest BCUT2D eigenvalue weighted by Crippen LogP contribution is 2.44. The molecule has 6 N–H and O–H groups in total. The molecule has 0 spiro atoms. The molecule has 0 unspecified atom stereocenters. The number of likely N-dealkylation sites (N-methyl/N-ethyl adjacent to an activating group) is 1. The minimum Gasteiger partial charge on any atom is -0.459 e. The molecule has 0 aromatic heterocycles. The number of nitrogens with one attached hydrogen (secondary N) is 1. The Morgan fingerprint density at radius 1 is 0.949 bits per heavy atom. The van der Waals surface area contributed by atoms with Crippen LogP contribution in [0.2, 0.25) is 0 Å². The van der Waals surface area contributed by atoms with Crippen molar-refractivity contribution in [2.24, 2.45) is 17.8 Å².